The van der Waals surface area contributed by atoms with E-state index in [2.05, 4.69) is 47.1 Å². The third-order valence-corrected chi connectivity index (χ3v) is 3.73. The Morgan fingerprint density at radius 1 is 1.26 bits per heavy atom. The van der Waals surface area contributed by atoms with E-state index in [1.807, 2.05) is 12.4 Å². The molecule has 0 radical (unpaired) electrons. The molecule has 0 aliphatic carbocycles. The Kier molecular flexibility index (Phi) is 3.22. The van der Waals surface area contributed by atoms with E-state index in [1.54, 1.807) is 0 Å². The first-order valence-electron chi connectivity index (χ1n) is 6.78. The van der Waals surface area contributed by atoms with Gasteiger partial charge in [-0.3, -0.25) is 4.98 Å². The summed E-state index contributed by atoms with van der Waals surface area (Å²) in [5, 5.41) is 0. The van der Waals surface area contributed by atoms with Crippen LogP contribution >= 0.6 is 0 Å². The molecule has 1 aromatic heterocycles. The molecule has 1 aliphatic heterocycles. The molecule has 2 aromatic rings. The number of hydrogen-bond acceptors (Lipinski definition) is 3. The van der Waals surface area contributed by atoms with Crippen molar-refractivity contribution in [2.24, 2.45) is 11.7 Å². The molecule has 2 N–H and O–H groups in total. The van der Waals surface area contributed by atoms with Gasteiger partial charge in [-0.2, -0.15) is 0 Å². The number of hydrogen-bond donors (Lipinski definition) is 1. The van der Waals surface area contributed by atoms with Gasteiger partial charge in [0.15, 0.2) is 0 Å². The SMILES string of the molecule is CC1Cc2ccccc2N(c2ccncc2CN)C1. The van der Waals surface area contributed by atoms with Crippen molar-refractivity contribution in [1.29, 1.82) is 0 Å². The molecule has 19 heavy (non-hydrogen) atoms. The second-order valence-corrected chi connectivity index (χ2v) is 5.26. The van der Waals surface area contributed by atoms with E-state index in [0.29, 0.717) is 12.5 Å². The van der Waals surface area contributed by atoms with Gasteiger partial charge in [0.2, 0.25) is 0 Å². The van der Waals surface area contributed by atoms with Crippen LogP contribution < -0.4 is 10.6 Å². The maximum atomic E-state index is 5.85. The lowest BCUT2D eigenvalue weighted by molar-refractivity contribution is 0.561. The summed E-state index contributed by atoms with van der Waals surface area (Å²) in [6, 6.07) is 10.7. The topological polar surface area (TPSA) is 42.2 Å². The van der Waals surface area contributed by atoms with Crippen molar-refractivity contribution in [2.45, 2.75) is 19.9 Å². The van der Waals surface area contributed by atoms with Gasteiger partial charge in [0.1, 0.15) is 0 Å². The molecule has 1 aromatic carbocycles. The first kappa shape index (κ1) is 12.2. The van der Waals surface area contributed by atoms with Gasteiger partial charge in [-0.15, -0.1) is 0 Å². The van der Waals surface area contributed by atoms with Crippen LogP contribution in [-0.4, -0.2) is 11.5 Å². The average Bonchev–Trinajstić information content (AvgIpc) is 2.46. The Balaban J connectivity index is 2.10. The van der Waals surface area contributed by atoms with Crippen molar-refractivity contribution < 1.29 is 0 Å². The van der Waals surface area contributed by atoms with E-state index in [-0.39, 0.29) is 0 Å². The molecule has 1 aliphatic rings. The Morgan fingerprint density at radius 3 is 2.95 bits per heavy atom. The predicted octanol–water partition coefficient (Wildman–Crippen LogP) is 2.87. The molecular weight excluding hydrogens is 234 g/mol. The molecule has 0 saturated heterocycles. The summed E-state index contributed by atoms with van der Waals surface area (Å²) in [4.78, 5) is 6.56. The lowest BCUT2D eigenvalue weighted by Crippen LogP contribution is -2.31. The number of nitrogens with two attached hydrogens (primary N) is 1. The third kappa shape index (κ3) is 2.22. The van der Waals surface area contributed by atoms with Gasteiger partial charge in [0, 0.05) is 42.4 Å². The van der Waals surface area contributed by atoms with Crippen molar-refractivity contribution >= 4 is 11.4 Å². The molecule has 0 saturated carbocycles. The Hall–Kier alpha value is -1.87. The van der Waals surface area contributed by atoms with Crippen LogP contribution in [0.4, 0.5) is 11.4 Å². The number of anilines is 2. The van der Waals surface area contributed by atoms with Crippen molar-refractivity contribution in [3.05, 3.63) is 53.9 Å². The highest BCUT2D eigenvalue weighted by atomic mass is 15.2. The minimum Gasteiger partial charge on any atom is -0.341 e. The Morgan fingerprint density at radius 2 is 2.11 bits per heavy atom. The fraction of sp³-hybridized carbons (Fsp3) is 0.312. The first-order chi connectivity index (χ1) is 9.29. The molecule has 0 bridgehead atoms. The van der Waals surface area contributed by atoms with E-state index in [9.17, 15) is 0 Å². The summed E-state index contributed by atoms with van der Waals surface area (Å²) in [6.45, 7) is 3.86. The predicted molar refractivity (Wildman–Crippen MR) is 78.4 cm³/mol. The average molecular weight is 253 g/mol. The van der Waals surface area contributed by atoms with Crippen LogP contribution in [0.1, 0.15) is 18.1 Å². The Bertz CT molecular complexity index is 580. The van der Waals surface area contributed by atoms with Crippen LogP contribution in [-0.2, 0) is 13.0 Å². The molecule has 0 spiro atoms. The second kappa shape index (κ2) is 5.02. The van der Waals surface area contributed by atoms with Crippen LogP contribution in [0.5, 0.6) is 0 Å². The molecule has 2 heterocycles. The van der Waals surface area contributed by atoms with Crippen molar-refractivity contribution in [1.82, 2.24) is 4.98 Å². The third-order valence-electron chi connectivity index (χ3n) is 3.73. The minimum absolute atomic E-state index is 0.524. The molecule has 98 valence electrons. The fourth-order valence-electron chi connectivity index (χ4n) is 2.87. The van der Waals surface area contributed by atoms with Crippen LogP contribution in [0.2, 0.25) is 0 Å². The van der Waals surface area contributed by atoms with Gasteiger partial charge < -0.3 is 10.6 Å². The monoisotopic (exact) mass is 253 g/mol. The molecule has 0 fully saturated rings. The summed E-state index contributed by atoms with van der Waals surface area (Å²) in [5.41, 5.74) is 10.9. The normalized spacial score (nSPS) is 18.2. The summed E-state index contributed by atoms with van der Waals surface area (Å²) in [5.74, 6) is 0.647. The van der Waals surface area contributed by atoms with E-state index in [1.165, 1.54) is 16.9 Å². The Labute approximate surface area is 114 Å². The number of nitrogens with zero attached hydrogens (tertiary/aromatic N) is 2. The summed E-state index contributed by atoms with van der Waals surface area (Å²) in [6.07, 6.45) is 4.86. The standard InChI is InChI=1S/C16H19N3/c1-12-8-13-4-2-3-5-15(13)19(11-12)16-6-7-18-10-14(16)9-17/h2-7,10,12H,8-9,11,17H2,1H3. The summed E-state index contributed by atoms with van der Waals surface area (Å²) in [7, 11) is 0. The van der Waals surface area contributed by atoms with Gasteiger partial charge >= 0.3 is 0 Å². The number of fused-ring (bicyclic) bond motifs is 1. The van der Waals surface area contributed by atoms with Gasteiger partial charge in [-0.25, -0.2) is 0 Å². The maximum absolute atomic E-state index is 5.85. The van der Waals surface area contributed by atoms with Crippen LogP contribution in [0.3, 0.4) is 0 Å². The van der Waals surface area contributed by atoms with E-state index < -0.39 is 0 Å². The minimum atomic E-state index is 0.524. The quantitative estimate of drug-likeness (QED) is 0.895. The molecule has 0 amide bonds. The van der Waals surface area contributed by atoms with Crippen LogP contribution in [0.15, 0.2) is 42.7 Å². The highest BCUT2D eigenvalue weighted by molar-refractivity contribution is 5.70. The van der Waals surface area contributed by atoms with Crippen molar-refractivity contribution in [2.75, 3.05) is 11.4 Å². The largest absolute Gasteiger partial charge is 0.341 e. The second-order valence-electron chi connectivity index (χ2n) is 5.26. The molecule has 1 atom stereocenters. The number of para-hydroxylation sites is 1. The molecule has 3 nitrogen and oxygen atoms in total. The fourth-order valence-corrected chi connectivity index (χ4v) is 2.87. The zero-order chi connectivity index (χ0) is 13.2. The zero-order valence-corrected chi connectivity index (χ0v) is 11.2. The highest BCUT2D eigenvalue weighted by Crippen LogP contribution is 2.36. The summed E-state index contributed by atoms with van der Waals surface area (Å²) < 4.78 is 0. The zero-order valence-electron chi connectivity index (χ0n) is 11.2. The van der Waals surface area contributed by atoms with E-state index >= 15 is 0 Å². The summed E-state index contributed by atoms with van der Waals surface area (Å²) >= 11 is 0. The van der Waals surface area contributed by atoms with E-state index in [0.717, 1.165) is 18.5 Å². The lowest BCUT2D eigenvalue weighted by atomic mass is 9.93. The van der Waals surface area contributed by atoms with Gasteiger partial charge in [-0.1, -0.05) is 25.1 Å². The number of rotatable bonds is 2. The maximum Gasteiger partial charge on any atom is 0.0487 e. The number of benzene rings is 1. The van der Waals surface area contributed by atoms with Crippen molar-refractivity contribution in [3.8, 4) is 0 Å². The number of pyridine rings is 1. The van der Waals surface area contributed by atoms with Crippen molar-refractivity contribution in [3.63, 3.8) is 0 Å². The van der Waals surface area contributed by atoms with E-state index in [4.69, 9.17) is 5.73 Å². The molecule has 3 heteroatoms. The molecule has 3 rings (SSSR count). The van der Waals surface area contributed by atoms with Crippen LogP contribution in [0, 0.1) is 5.92 Å². The smallest absolute Gasteiger partial charge is 0.0487 e. The van der Waals surface area contributed by atoms with Gasteiger partial charge in [0.05, 0.1) is 0 Å². The van der Waals surface area contributed by atoms with Crippen LogP contribution in [0.25, 0.3) is 0 Å². The lowest BCUT2D eigenvalue weighted by Gasteiger charge is -2.35. The molecule has 1 unspecified atom stereocenters. The van der Waals surface area contributed by atoms with Gasteiger partial charge in [-0.05, 0) is 30.0 Å². The number of aromatic nitrogens is 1. The highest BCUT2D eigenvalue weighted by Gasteiger charge is 2.23. The van der Waals surface area contributed by atoms with Gasteiger partial charge in [0.25, 0.3) is 0 Å². The first-order valence-corrected chi connectivity index (χ1v) is 6.78. The molecular formula is C16H19N3.